The Labute approximate surface area is 105 Å². The molecule has 3 rings (SSSR count). The summed E-state index contributed by atoms with van der Waals surface area (Å²) in [5.74, 6) is 0. The average molecular weight is 236 g/mol. The molecule has 0 radical (unpaired) electrons. The highest BCUT2D eigenvalue weighted by Gasteiger charge is 2.12. The van der Waals surface area contributed by atoms with Gasteiger partial charge in [-0.15, -0.1) is 0 Å². The topological polar surface area (TPSA) is 34.9 Å². The minimum atomic E-state index is 0.671. The molecule has 18 heavy (non-hydrogen) atoms. The van der Waals surface area contributed by atoms with Gasteiger partial charge in [0.25, 0.3) is 0 Å². The first-order valence-corrected chi connectivity index (χ1v) is 5.77. The molecule has 0 saturated carbocycles. The van der Waals surface area contributed by atoms with Crippen LogP contribution in [0.4, 0.5) is 0 Å². The zero-order valence-electron chi connectivity index (χ0n) is 10.00. The lowest BCUT2D eigenvalue weighted by molar-refractivity contribution is 0.112. The van der Waals surface area contributed by atoms with Crippen LogP contribution in [0.5, 0.6) is 0 Å². The van der Waals surface area contributed by atoms with Crippen LogP contribution in [0.15, 0.2) is 48.5 Å². The van der Waals surface area contributed by atoms with Gasteiger partial charge in [0.05, 0.1) is 5.52 Å². The Bertz CT molecular complexity index is 714. The molecule has 1 heterocycles. The standard InChI is InChI=1S/C15H12N2O/c1-17-15-12(10-18)8-5-9-13(15)14(16-17)11-6-3-2-4-7-11/h2-10H,1H3. The Hall–Kier alpha value is -2.42. The molecule has 2 aromatic carbocycles. The largest absolute Gasteiger partial charge is 0.298 e. The number of carbonyl (C=O) groups excluding carboxylic acids is 1. The van der Waals surface area contributed by atoms with Crippen LogP contribution < -0.4 is 0 Å². The van der Waals surface area contributed by atoms with Gasteiger partial charge in [0.2, 0.25) is 0 Å². The number of hydrogen-bond donors (Lipinski definition) is 0. The van der Waals surface area contributed by atoms with Crippen molar-refractivity contribution in [3.05, 3.63) is 54.1 Å². The SMILES string of the molecule is Cn1nc(-c2ccccc2)c2cccc(C=O)c21. The van der Waals surface area contributed by atoms with E-state index in [-0.39, 0.29) is 0 Å². The van der Waals surface area contributed by atoms with E-state index in [1.807, 2.05) is 55.6 Å². The third-order valence-corrected chi connectivity index (χ3v) is 3.07. The maximum Gasteiger partial charge on any atom is 0.152 e. The highest BCUT2D eigenvalue weighted by molar-refractivity contribution is 6.02. The van der Waals surface area contributed by atoms with Gasteiger partial charge in [-0.3, -0.25) is 9.48 Å². The summed E-state index contributed by atoms with van der Waals surface area (Å²) in [5.41, 5.74) is 3.53. The number of aromatic nitrogens is 2. The fraction of sp³-hybridized carbons (Fsp3) is 0.0667. The Kier molecular flexibility index (Phi) is 2.45. The molecular formula is C15H12N2O. The zero-order valence-corrected chi connectivity index (χ0v) is 10.00. The molecule has 0 spiro atoms. The summed E-state index contributed by atoms with van der Waals surface area (Å²) in [6.45, 7) is 0. The molecular weight excluding hydrogens is 224 g/mol. The van der Waals surface area contributed by atoms with Crippen LogP contribution in [0, 0.1) is 0 Å². The van der Waals surface area contributed by atoms with Crippen molar-refractivity contribution in [3.63, 3.8) is 0 Å². The van der Waals surface area contributed by atoms with E-state index in [0.29, 0.717) is 5.56 Å². The summed E-state index contributed by atoms with van der Waals surface area (Å²) in [7, 11) is 1.86. The fourth-order valence-electron chi connectivity index (χ4n) is 2.27. The molecule has 0 amide bonds. The first-order valence-electron chi connectivity index (χ1n) is 5.77. The summed E-state index contributed by atoms with van der Waals surface area (Å²) < 4.78 is 1.77. The average Bonchev–Trinajstić information content (AvgIpc) is 2.77. The molecule has 0 fully saturated rings. The normalized spacial score (nSPS) is 10.7. The van der Waals surface area contributed by atoms with Gasteiger partial charge in [-0.2, -0.15) is 5.10 Å². The molecule has 3 heteroatoms. The van der Waals surface area contributed by atoms with Gasteiger partial charge >= 0.3 is 0 Å². The number of aryl methyl sites for hydroxylation is 1. The van der Waals surface area contributed by atoms with Crippen molar-refractivity contribution in [2.75, 3.05) is 0 Å². The minimum Gasteiger partial charge on any atom is -0.298 e. The summed E-state index contributed by atoms with van der Waals surface area (Å²) in [5, 5.41) is 5.53. The molecule has 0 aliphatic carbocycles. The lowest BCUT2D eigenvalue weighted by Gasteiger charge is -1.98. The van der Waals surface area contributed by atoms with Gasteiger partial charge in [-0.25, -0.2) is 0 Å². The Morgan fingerprint density at radius 2 is 1.83 bits per heavy atom. The number of benzene rings is 2. The van der Waals surface area contributed by atoms with Crippen LogP contribution in [0.1, 0.15) is 10.4 Å². The van der Waals surface area contributed by atoms with Gasteiger partial charge in [0.1, 0.15) is 5.69 Å². The summed E-state index contributed by atoms with van der Waals surface area (Å²) in [6.07, 6.45) is 0.874. The van der Waals surface area contributed by atoms with Crippen molar-refractivity contribution in [2.45, 2.75) is 0 Å². The second kappa shape index (κ2) is 4.11. The second-order valence-corrected chi connectivity index (χ2v) is 4.20. The van der Waals surface area contributed by atoms with Crippen LogP contribution in [0.3, 0.4) is 0 Å². The van der Waals surface area contributed by atoms with Crippen molar-refractivity contribution < 1.29 is 4.79 Å². The third kappa shape index (κ3) is 1.52. The quantitative estimate of drug-likeness (QED) is 0.641. The molecule has 88 valence electrons. The zero-order chi connectivity index (χ0) is 12.5. The van der Waals surface area contributed by atoms with Crippen LogP contribution in [0.25, 0.3) is 22.2 Å². The van der Waals surface area contributed by atoms with E-state index in [1.54, 1.807) is 4.68 Å². The van der Waals surface area contributed by atoms with Crippen molar-refractivity contribution in [1.82, 2.24) is 9.78 Å². The highest BCUT2D eigenvalue weighted by atomic mass is 16.1. The van der Waals surface area contributed by atoms with Gasteiger partial charge in [-0.1, -0.05) is 42.5 Å². The number of carbonyl (C=O) groups is 1. The van der Waals surface area contributed by atoms with E-state index in [9.17, 15) is 4.79 Å². The van der Waals surface area contributed by atoms with Crippen LogP contribution in [0.2, 0.25) is 0 Å². The molecule has 0 atom stereocenters. The second-order valence-electron chi connectivity index (χ2n) is 4.20. The Balaban J connectivity index is 2.36. The molecule has 0 N–H and O–H groups in total. The summed E-state index contributed by atoms with van der Waals surface area (Å²) >= 11 is 0. The molecule has 0 bridgehead atoms. The number of hydrogen-bond acceptors (Lipinski definition) is 2. The lowest BCUT2D eigenvalue weighted by atomic mass is 10.1. The third-order valence-electron chi connectivity index (χ3n) is 3.07. The van der Waals surface area contributed by atoms with Gasteiger partial charge < -0.3 is 0 Å². The van der Waals surface area contributed by atoms with E-state index in [2.05, 4.69) is 5.10 Å². The lowest BCUT2D eigenvalue weighted by Crippen LogP contribution is -1.93. The fourth-order valence-corrected chi connectivity index (χ4v) is 2.27. The van der Waals surface area contributed by atoms with Gasteiger partial charge in [0.15, 0.2) is 6.29 Å². The number of rotatable bonds is 2. The monoisotopic (exact) mass is 236 g/mol. The number of nitrogens with zero attached hydrogens (tertiary/aromatic N) is 2. The van der Waals surface area contributed by atoms with Crippen LogP contribution in [-0.2, 0) is 7.05 Å². The molecule has 0 aliphatic heterocycles. The van der Waals surface area contributed by atoms with Crippen molar-refractivity contribution in [3.8, 4) is 11.3 Å². The van der Waals surface area contributed by atoms with E-state index in [4.69, 9.17) is 0 Å². The maximum atomic E-state index is 11.1. The summed E-state index contributed by atoms with van der Waals surface area (Å²) in [6, 6.07) is 15.7. The molecule has 1 aromatic heterocycles. The van der Waals surface area contributed by atoms with Crippen LogP contribution >= 0.6 is 0 Å². The molecule has 0 aliphatic rings. The number of aldehydes is 1. The predicted octanol–water partition coefficient (Wildman–Crippen LogP) is 3.05. The molecule has 3 aromatic rings. The maximum absolute atomic E-state index is 11.1. The smallest absolute Gasteiger partial charge is 0.152 e. The van der Waals surface area contributed by atoms with Crippen molar-refractivity contribution >= 4 is 17.2 Å². The Morgan fingerprint density at radius 3 is 2.56 bits per heavy atom. The van der Waals surface area contributed by atoms with Crippen LogP contribution in [-0.4, -0.2) is 16.1 Å². The molecule has 0 unspecified atom stereocenters. The van der Waals surface area contributed by atoms with Gasteiger partial charge in [-0.05, 0) is 6.07 Å². The van der Waals surface area contributed by atoms with E-state index in [1.165, 1.54) is 0 Å². The van der Waals surface area contributed by atoms with Crippen molar-refractivity contribution in [2.24, 2.45) is 7.05 Å². The molecule has 3 nitrogen and oxygen atoms in total. The minimum absolute atomic E-state index is 0.671. The van der Waals surface area contributed by atoms with E-state index >= 15 is 0 Å². The van der Waals surface area contributed by atoms with E-state index < -0.39 is 0 Å². The van der Waals surface area contributed by atoms with Crippen molar-refractivity contribution in [1.29, 1.82) is 0 Å². The van der Waals surface area contributed by atoms with Gasteiger partial charge in [0, 0.05) is 23.6 Å². The Morgan fingerprint density at radius 1 is 1.06 bits per heavy atom. The predicted molar refractivity (Wildman–Crippen MR) is 71.5 cm³/mol. The first-order chi connectivity index (χ1) is 8.81. The number of para-hydroxylation sites is 1. The summed E-state index contributed by atoms with van der Waals surface area (Å²) in [4.78, 5) is 11.1. The number of fused-ring (bicyclic) bond motifs is 1. The van der Waals surface area contributed by atoms with E-state index in [0.717, 1.165) is 28.4 Å². The molecule has 0 saturated heterocycles. The highest BCUT2D eigenvalue weighted by Crippen LogP contribution is 2.28. The first kappa shape index (κ1) is 10.7.